The van der Waals surface area contributed by atoms with Crippen molar-refractivity contribution in [2.24, 2.45) is 0 Å². The van der Waals surface area contributed by atoms with Crippen LogP contribution in [0.25, 0.3) is 0 Å². The number of carbonyl (C=O) groups excluding carboxylic acids is 1. The van der Waals surface area contributed by atoms with Crippen LogP contribution < -0.4 is 5.32 Å². The van der Waals surface area contributed by atoms with Gasteiger partial charge in [-0.3, -0.25) is 0 Å². The fraction of sp³-hybridized carbons (Fsp3) is 0.529. The summed E-state index contributed by atoms with van der Waals surface area (Å²) in [7, 11) is 0. The van der Waals surface area contributed by atoms with E-state index in [1.807, 2.05) is 25.3 Å². The molecule has 2 aromatic rings. The Morgan fingerprint density at radius 1 is 1.50 bits per heavy atom. The van der Waals surface area contributed by atoms with E-state index < -0.39 is 0 Å². The zero-order chi connectivity index (χ0) is 16.9. The molecule has 7 heteroatoms. The highest BCUT2D eigenvalue weighted by atomic mass is 32.1. The number of thiazole rings is 1. The highest BCUT2D eigenvalue weighted by Gasteiger charge is 2.27. The van der Waals surface area contributed by atoms with Crippen LogP contribution in [0.2, 0.25) is 0 Å². The lowest BCUT2D eigenvalue weighted by Gasteiger charge is -2.32. The number of ether oxygens (including phenoxy) is 1. The van der Waals surface area contributed by atoms with Gasteiger partial charge < -0.3 is 19.4 Å². The Morgan fingerprint density at radius 3 is 3.08 bits per heavy atom. The standard InChI is InChI=1S/C17H23N3O3S/c1-3-13-10-19-16(24-13)6-7-18-17(21)20-8-9-22-15(11-20)14-5-4-12(2)23-14/h4-5,10,15H,3,6-9,11H2,1-2H3,(H,18,21)/t15-/m0/s1. The average Bonchev–Trinajstić information content (AvgIpc) is 3.24. The smallest absolute Gasteiger partial charge is 0.317 e. The second-order valence-corrected chi connectivity index (χ2v) is 7.01. The third-order valence-corrected chi connectivity index (χ3v) is 5.20. The lowest BCUT2D eigenvalue weighted by atomic mass is 10.2. The molecule has 1 aliphatic rings. The molecule has 24 heavy (non-hydrogen) atoms. The van der Waals surface area contributed by atoms with Crippen molar-refractivity contribution in [3.63, 3.8) is 0 Å². The number of aryl methyl sites for hydroxylation is 2. The van der Waals surface area contributed by atoms with Crippen LogP contribution in [-0.4, -0.2) is 42.2 Å². The largest absolute Gasteiger partial charge is 0.464 e. The summed E-state index contributed by atoms with van der Waals surface area (Å²) in [6, 6.07) is 3.77. The molecule has 0 saturated carbocycles. The maximum absolute atomic E-state index is 12.3. The minimum atomic E-state index is -0.190. The van der Waals surface area contributed by atoms with Gasteiger partial charge in [-0.2, -0.15) is 0 Å². The van der Waals surface area contributed by atoms with Crippen molar-refractivity contribution in [2.75, 3.05) is 26.2 Å². The van der Waals surface area contributed by atoms with Gasteiger partial charge in [0.15, 0.2) is 0 Å². The molecule has 1 N–H and O–H groups in total. The molecule has 0 radical (unpaired) electrons. The number of morpholine rings is 1. The summed E-state index contributed by atoms with van der Waals surface area (Å²) in [6.45, 7) is 6.24. The predicted molar refractivity (Wildman–Crippen MR) is 92.3 cm³/mol. The van der Waals surface area contributed by atoms with E-state index in [9.17, 15) is 4.79 Å². The Bertz CT molecular complexity index is 682. The summed E-state index contributed by atoms with van der Waals surface area (Å²) in [5.41, 5.74) is 0. The van der Waals surface area contributed by atoms with Crippen molar-refractivity contribution in [1.29, 1.82) is 0 Å². The van der Waals surface area contributed by atoms with Gasteiger partial charge in [0.25, 0.3) is 0 Å². The van der Waals surface area contributed by atoms with Crippen molar-refractivity contribution in [3.8, 4) is 0 Å². The Hall–Kier alpha value is -1.86. The molecule has 6 nitrogen and oxygen atoms in total. The van der Waals surface area contributed by atoms with Crippen molar-refractivity contribution in [3.05, 3.63) is 39.7 Å². The molecule has 0 bridgehead atoms. The van der Waals surface area contributed by atoms with Crippen LogP contribution in [0.4, 0.5) is 4.79 Å². The molecule has 130 valence electrons. The van der Waals surface area contributed by atoms with Gasteiger partial charge in [0.1, 0.15) is 17.6 Å². The summed E-state index contributed by atoms with van der Waals surface area (Å²) in [4.78, 5) is 19.8. The van der Waals surface area contributed by atoms with E-state index in [0.717, 1.165) is 29.4 Å². The highest BCUT2D eigenvalue weighted by molar-refractivity contribution is 7.11. The maximum Gasteiger partial charge on any atom is 0.317 e. The minimum Gasteiger partial charge on any atom is -0.464 e. The highest BCUT2D eigenvalue weighted by Crippen LogP contribution is 2.24. The van der Waals surface area contributed by atoms with E-state index in [1.165, 1.54) is 4.88 Å². The lowest BCUT2D eigenvalue weighted by Crippen LogP contribution is -2.47. The first-order valence-electron chi connectivity index (χ1n) is 8.30. The summed E-state index contributed by atoms with van der Waals surface area (Å²) < 4.78 is 11.3. The molecule has 0 spiro atoms. The first-order valence-corrected chi connectivity index (χ1v) is 9.11. The van der Waals surface area contributed by atoms with E-state index in [2.05, 4.69) is 17.2 Å². The average molecular weight is 349 g/mol. The number of aromatic nitrogens is 1. The number of urea groups is 1. The van der Waals surface area contributed by atoms with Gasteiger partial charge >= 0.3 is 6.03 Å². The van der Waals surface area contributed by atoms with Crippen molar-refractivity contribution < 1.29 is 13.9 Å². The first kappa shape index (κ1) is 17.0. The molecule has 0 aliphatic carbocycles. The van der Waals surface area contributed by atoms with Gasteiger partial charge in [0.2, 0.25) is 0 Å². The zero-order valence-electron chi connectivity index (χ0n) is 14.1. The van der Waals surface area contributed by atoms with Crippen molar-refractivity contribution in [1.82, 2.24) is 15.2 Å². The molecule has 1 atom stereocenters. The number of nitrogens with zero attached hydrogens (tertiary/aromatic N) is 2. The molecule has 3 heterocycles. The van der Waals surface area contributed by atoms with Crippen molar-refractivity contribution in [2.45, 2.75) is 32.8 Å². The molecule has 1 fully saturated rings. The Labute approximate surface area is 145 Å². The molecule has 3 rings (SSSR count). The van der Waals surface area contributed by atoms with Crippen LogP contribution in [0.1, 0.15) is 34.4 Å². The normalized spacial score (nSPS) is 17.9. The molecule has 0 aromatic carbocycles. The van der Waals surface area contributed by atoms with Gasteiger partial charge in [0, 0.05) is 30.6 Å². The Morgan fingerprint density at radius 2 is 2.38 bits per heavy atom. The molecule has 1 aliphatic heterocycles. The van der Waals surface area contributed by atoms with E-state index in [0.29, 0.717) is 26.2 Å². The number of hydrogen-bond acceptors (Lipinski definition) is 5. The third kappa shape index (κ3) is 4.15. The summed E-state index contributed by atoms with van der Waals surface area (Å²) >= 11 is 1.71. The maximum atomic E-state index is 12.3. The topological polar surface area (TPSA) is 67.6 Å². The lowest BCUT2D eigenvalue weighted by molar-refractivity contribution is -0.0263. The summed E-state index contributed by atoms with van der Waals surface area (Å²) in [5.74, 6) is 1.63. The van der Waals surface area contributed by atoms with Crippen LogP contribution in [0.5, 0.6) is 0 Å². The fourth-order valence-corrected chi connectivity index (χ4v) is 3.51. The van der Waals surface area contributed by atoms with Crippen LogP contribution in [0.3, 0.4) is 0 Å². The van der Waals surface area contributed by atoms with E-state index >= 15 is 0 Å². The molecule has 0 unspecified atom stereocenters. The van der Waals surface area contributed by atoms with Crippen molar-refractivity contribution >= 4 is 17.4 Å². The van der Waals surface area contributed by atoms with Crippen LogP contribution in [0, 0.1) is 6.92 Å². The van der Waals surface area contributed by atoms with E-state index in [4.69, 9.17) is 9.15 Å². The summed E-state index contributed by atoms with van der Waals surface area (Å²) in [5, 5.41) is 4.04. The number of nitrogens with one attached hydrogen (secondary N) is 1. The van der Waals surface area contributed by atoms with Gasteiger partial charge in [-0.05, 0) is 25.5 Å². The molecular weight excluding hydrogens is 326 g/mol. The Balaban J connectivity index is 1.47. The fourth-order valence-electron chi connectivity index (χ4n) is 2.65. The first-order chi connectivity index (χ1) is 11.7. The second-order valence-electron chi connectivity index (χ2n) is 5.81. The number of hydrogen-bond donors (Lipinski definition) is 1. The second kappa shape index (κ2) is 7.81. The predicted octanol–water partition coefficient (Wildman–Crippen LogP) is 2.93. The number of carbonyl (C=O) groups is 1. The molecular formula is C17H23N3O3S. The zero-order valence-corrected chi connectivity index (χ0v) is 14.9. The van der Waals surface area contributed by atoms with Crippen LogP contribution in [-0.2, 0) is 17.6 Å². The third-order valence-electron chi connectivity index (χ3n) is 4.00. The van der Waals surface area contributed by atoms with E-state index in [1.54, 1.807) is 16.2 Å². The van der Waals surface area contributed by atoms with Gasteiger partial charge in [-0.1, -0.05) is 6.92 Å². The monoisotopic (exact) mass is 349 g/mol. The molecule has 1 saturated heterocycles. The van der Waals surface area contributed by atoms with Gasteiger partial charge in [-0.15, -0.1) is 11.3 Å². The van der Waals surface area contributed by atoms with E-state index in [-0.39, 0.29) is 12.1 Å². The molecule has 2 aromatic heterocycles. The minimum absolute atomic E-state index is 0.0566. The van der Waals surface area contributed by atoms with Gasteiger partial charge in [0.05, 0.1) is 18.2 Å². The van der Waals surface area contributed by atoms with Crippen LogP contribution >= 0.6 is 11.3 Å². The molecule has 2 amide bonds. The Kier molecular flexibility index (Phi) is 5.52. The van der Waals surface area contributed by atoms with Crippen LogP contribution in [0.15, 0.2) is 22.7 Å². The number of furan rings is 1. The van der Waals surface area contributed by atoms with Gasteiger partial charge in [-0.25, -0.2) is 9.78 Å². The number of rotatable bonds is 5. The summed E-state index contributed by atoms with van der Waals surface area (Å²) in [6.07, 6.45) is 3.50. The quantitative estimate of drug-likeness (QED) is 0.901. The number of amides is 2. The SMILES string of the molecule is CCc1cnc(CCNC(=O)N2CCO[C@H](c3ccc(C)o3)C2)s1.